The van der Waals surface area contributed by atoms with E-state index in [9.17, 15) is 4.39 Å². The molecule has 0 fully saturated rings. The fourth-order valence-corrected chi connectivity index (χ4v) is 1.17. The van der Waals surface area contributed by atoms with Crippen LogP contribution >= 0.6 is 0 Å². The first-order valence-electron chi connectivity index (χ1n) is 4.14. The molecule has 0 spiro atoms. The highest BCUT2D eigenvalue weighted by molar-refractivity contribution is 5.32. The van der Waals surface area contributed by atoms with Crippen LogP contribution in [0.1, 0.15) is 5.82 Å². The lowest BCUT2D eigenvalue weighted by atomic mass is 10.3. The average Bonchev–Trinajstić information content (AvgIpc) is 2.66. The van der Waals surface area contributed by atoms with E-state index in [1.165, 1.54) is 10.7 Å². The Morgan fingerprint density at radius 1 is 1.36 bits per heavy atom. The maximum atomic E-state index is 13.3. The molecule has 14 heavy (non-hydrogen) atoms. The van der Waals surface area contributed by atoms with E-state index in [4.69, 9.17) is 0 Å². The number of halogens is 1. The summed E-state index contributed by atoms with van der Waals surface area (Å²) in [6, 6.07) is 6.33. The zero-order valence-corrected chi connectivity index (χ0v) is 7.39. The van der Waals surface area contributed by atoms with Gasteiger partial charge in [-0.2, -0.15) is 4.68 Å². The van der Waals surface area contributed by atoms with Crippen LogP contribution in [0.25, 0.3) is 5.69 Å². The van der Waals surface area contributed by atoms with Gasteiger partial charge in [0.25, 0.3) is 0 Å². The standard InChI is InChI=1S/C9H8FN4/c1-2-9-11-12-13-14(9)8-6-4-3-5-7(8)10/h3-6H,1-2H2. The zero-order chi connectivity index (χ0) is 9.97. The number of benzene rings is 1. The Balaban J connectivity index is 2.54. The molecule has 0 amide bonds. The van der Waals surface area contributed by atoms with Crippen molar-refractivity contribution < 1.29 is 4.39 Å². The van der Waals surface area contributed by atoms with Crippen LogP contribution in [0.5, 0.6) is 0 Å². The van der Waals surface area contributed by atoms with Gasteiger partial charge in [0.2, 0.25) is 0 Å². The first-order chi connectivity index (χ1) is 6.83. The van der Waals surface area contributed by atoms with E-state index in [0.717, 1.165) is 0 Å². The van der Waals surface area contributed by atoms with Crippen LogP contribution < -0.4 is 0 Å². The SMILES string of the molecule is [CH2]Cc1nnnn1-c1ccccc1F. The van der Waals surface area contributed by atoms with Crippen molar-refractivity contribution >= 4 is 0 Å². The molecule has 0 atom stereocenters. The summed E-state index contributed by atoms with van der Waals surface area (Å²) in [7, 11) is 0. The maximum Gasteiger partial charge on any atom is 0.156 e. The van der Waals surface area contributed by atoms with Crippen molar-refractivity contribution in [1.82, 2.24) is 20.2 Å². The van der Waals surface area contributed by atoms with Gasteiger partial charge in [-0.1, -0.05) is 12.1 Å². The molecule has 0 bridgehead atoms. The van der Waals surface area contributed by atoms with Crippen molar-refractivity contribution in [3.63, 3.8) is 0 Å². The van der Waals surface area contributed by atoms with Crippen molar-refractivity contribution in [1.29, 1.82) is 0 Å². The van der Waals surface area contributed by atoms with Gasteiger partial charge >= 0.3 is 0 Å². The van der Waals surface area contributed by atoms with Crippen molar-refractivity contribution in [3.05, 3.63) is 42.8 Å². The van der Waals surface area contributed by atoms with Gasteiger partial charge < -0.3 is 0 Å². The summed E-state index contributed by atoms with van der Waals surface area (Å²) in [4.78, 5) is 0. The van der Waals surface area contributed by atoms with Crippen LogP contribution in [0.3, 0.4) is 0 Å². The van der Waals surface area contributed by atoms with Crippen molar-refractivity contribution in [2.45, 2.75) is 6.42 Å². The molecule has 0 N–H and O–H groups in total. The largest absolute Gasteiger partial charge is 0.205 e. The van der Waals surface area contributed by atoms with E-state index < -0.39 is 0 Å². The van der Waals surface area contributed by atoms with Gasteiger partial charge in [-0.25, -0.2) is 4.39 Å². The Bertz CT molecular complexity index is 438. The number of rotatable bonds is 2. The summed E-state index contributed by atoms with van der Waals surface area (Å²) in [5.41, 5.74) is 0.344. The molecular formula is C9H8FN4. The summed E-state index contributed by atoms with van der Waals surface area (Å²) >= 11 is 0. The molecule has 1 aromatic heterocycles. The van der Waals surface area contributed by atoms with E-state index in [1.54, 1.807) is 18.2 Å². The Hall–Kier alpha value is -1.78. The van der Waals surface area contributed by atoms with Gasteiger partial charge in [0, 0.05) is 6.42 Å². The lowest BCUT2D eigenvalue weighted by Gasteiger charge is -2.02. The van der Waals surface area contributed by atoms with Crippen LogP contribution in [0.15, 0.2) is 24.3 Å². The molecule has 1 aromatic carbocycles. The Labute approximate surface area is 80.4 Å². The molecule has 2 aromatic rings. The van der Waals surface area contributed by atoms with Crippen LogP contribution in [0.4, 0.5) is 4.39 Å². The average molecular weight is 191 g/mol. The highest BCUT2D eigenvalue weighted by Gasteiger charge is 2.09. The van der Waals surface area contributed by atoms with Gasteiger partial charge in [-0.15, -0.1) is 5.10 Å². The van der Waals surface area contributed by atoms with E-state index in [0.29, 0.717) is 17.9 Å². The second kappa shape index (κ2) is 3.53. The molecular weight excluding hydrogens is 183 g/mol. The second-order valence-corrected chi connectivity index (χ2v) is 2.71. The maximum absolute atomic E-state index is 13.3. The van der Waals surface area contributed by atoms with Crippen LogP contribution in [0, 0.1) is 12.7 Å². The van der Waals surface area contributed by atoms with Gasteiger partial charge in [-0.05, 0) is 29.5 Å². The van der Waals surface area contributed by atoms with Crippen molar-refractivity contribution in [2.24, 2.45) is 0 Å². The molecule has 1 heterocycles. The number of hydrogen-bond acceptors (Lipinski definition) is 3. The molecule has 0 saturated heterocycles. The number of nitrogens with zero attached hydrogens (tertiary/aromatic N) is 4. The van der Waals surface area contributed by atoms with Crippen LogP contribution in [0.2, 0.25) is 0 Å². The smallest absolute Gasteiger partial charge is 0.156 e. The normalized spacial score (nSPS) is 10.4. The summed E-state index contributed by atoms with van der Waals surface area (Å²) < 4.78 is 14.7. The lowest BCUT2D eigenvalue weighted by molar-refractivity contribution is 0.603. The fraction of sp³-hybridized carbons (Fsp3) is 0.111. The third kappa shape index (κ3) is 1.37. The Morgan fingerprint density at radius 2 is 2.14 bits per heavy atom. The monoisotopic (exact) mass is 191 g/mol. The van der Waals surface area contributed by atoms with Crippen molar-refractivity contribution in [3.8, 4) is 5.69 Å². The van der Waals surface area contributed by atoms with Gasteiger partial charge in [0.05, 0.1) is 0 Å². The van der Waals surface area contributed by atoms with E-state index in [-0.39, 0.29) is 5.82 Å². The highest BCUT2D eigenvalue weighted by atomic mass is 19.1. The quantitative estimate of drug-likeness (QED) is 0.715. The third-order valence-electron chi connectivity index (χ3n) is 1.84. The minimum absolute atomic E-state index is 0.344. The summed E-state index contributed by atoms with van der Waals surface area (Å²) in [6.07, 6.45) is 0.418. The third-order valence-corrected chi connectivity index (χ3v) is 1.84. The molecule has 0 unspecified atom stereocenters. The molecule has 0 aliphatic rings. The highest BCUT2D eigenvalue weighted by Crippen LogP contribution is 2.12. The zero-order valence-electron chi connectivity index (χ0n) is 7.39. The molecule has 5 heteroatoms. The number of aromatic nitrogens is 4. The Morgan fingerprint density at radius 3 is 2.86 bits per heavy atom. The molecule has 0 aliphatic heterocycles. The molecule has 4 nitrogen and oxygen atoms in total. The number of tetrazole rings is 1. The molecule has 0 aliphatic carbocycles. The number of para-hydroxylation sites is 1. The van der Waals surface area contributed by atoms with Gasteiger partial charge in [0.1, 0.15) is 11.5 Å². The lowest BCUT2D eigenvalue weighted by Crippen LogP contribution is -2.04. The second-order valence-electron chi connectivity index (χ2n) is 2.71. The molecule has 71 valence electrons. The van der Waals surface area contributed by atoms with E-state index >= 15 is 0 Å². The summed E-state index contributed by atoms with van der Waals surface area (Å²) in [5, 5.41) is 10.9. The predicted octanol–water partition coefficient (Wildman–Crippen LogP) is 1.18. The summed E-state index contributed by atoms with van der Waals surface area (Å²) in [5.74, 6) is 0.185. The van der Waals surface area contributed by atoms with E-state index in [1.807, 2.05) is 0 Å². The van der Waals surface area contributed by atoms with Crippen LogP contribution in [-0.2, 0) is 6.42 Å². The first-order valence-corrected chi connectivity index (χ1v) is 4.14. The first kappa shape index (κ1) is 8.80. The van der Waals surface area contributed by atoms with E-state index in [2.05, 4.69) is 22.4 Å². The minimum atomic E-state index is -0.352. The van der Waals surface area contributed by atoms with Gasteiger partial charge in [-0.3, -0.25) is 0 Å². The topological polar surface area (TPSA) is 43.6 Å². The number of hydrogen-bond donors (Lipinski definition) is 0. The molecule has 0 saturated carbocycles. The van der Waals surface area contributed by atoms with Crippen LogP contribution in [-0.4, -0.2) is 20.2 Å². The molecule has 2 rings (SSSR count). The summed E-state index contributed by atoms with van der Waals surface area (Å²) in [6.45, 7) is 3.66. The van der Waals surface area contributed by atoms with Crippen molar-refractivity contribution in [2.75, 3.05) is 0 Å². The molecule has 1 radical (unpaired) electrons. The van der Waals surface area contributed by atoms with Gasteiger partial charge in [0.15, 0.2) is 5.82 Å². The Kier molecular flexibility index (Phi) is 2.22. The fourth-order valence-electron chi connectivity index (χ4n) is 1.17. The minimum Gasteiger partial charge on any atom is -0.205 e. The predicted molar refractivity (Wildman–Crippen MR) is 48.2 cm³/mol.